The van der Waals surface area contributed by atoms with Gasteiger partial charge in [0.2, 0.25) is 0 Å². The Morgan fingerprint density at radius 1 is 1.03 bits per heavy atom. The van der Waals surface area contributed by atoms with Crippen molar-refractivity contribution in [3.8, 4) is 0 Å². The molecule has 31 heavy (non-hydrogen) atoms. The van der Waals surface area contributed by atoms with E-state index in [1.54, 1.807) is 6.20 Å². The third kappa shape index (κ3) is 4.24. The minimum atomic E-state index is -0.240. The fourth-order valence-corrected chi connectivity index (χ4v) is 3.88. The molecule has 2 aromatic heterocycles. The molecule has 0 saturated heterocycles. The molecule has 2 heterocycles. The van der Waals surface area contributed by atoms with Gasteiger partial charge in [0.1, 0.15) is 0 Å². The maximum absolute atomic E-state index is 6.15. The van der Waals surface area contributed by atoms with Crippen LogP contribution in [0.1, 0.15) is 38.2 Å². The Labute approximate surface area is 187 Å². The Balaban J connectivity index is 1.81. The van der Waals surface area contributed by atoms with E-state index >= 15 is 0 Å². The van der Waals surface area contributed by atoms with E-state index in [-0.39, 0.29) is 11.6 Å². The highest BCUT2D eigenvalue weighted by Crippen LogP contribution is 2.35. The second-order valence-electron chi connectivity index (χ2n) is 8.72. The Morgan fingerprint density at radius 2 is 1.81 bits per heavy atom. The number of pyridine rings is 1. The summed E-state index contributed by atoms with van der Waals surface area (Å²) < 4.78 is 1.89. The van der Waals surface area contributed by atoms with E-state index < -0.39 is 0 Å². The maximum Gasteiger partial charge on any atom is 0.173 e. The molecule has 0 amide bonds. The number of tetrazole rings is 1. The van der Waals surface area contributed by atoms with Crippen molar-refractivity contribution in [3.63, 3.8) is 0 Å². The lowest BCUT2D eigenvalue weighted by molar-refractivity contribution is 0.277. The summed E-state index contributed by atoms with van der Waals surface area (Å²) in [6, 6.07) is 15.8. The zero-order valence-electron chi connectivity index (χ0n) is 18.3. The van der Waals surface area contributed by atoms with Crippen molar-refractivity contribution in [2.45, 2.75) is 32.4 Å². The SMILES string of the molecule is CN(C)C(c1ccccc1Nc1ccnc2cc(Cl)ccc12)c1nnnn1C(C)(C)C. The summed E-state index contributed by atoms with van der Waals surface area (Å²) >= 11 is 6.15. The van der Waals surface area contributed by atoms with E-state index in [9.17, 15) is 0 Å². The molecule has 1 atom stereocenters. The van der Waals surface area contributed by atoms with Gasteiger partial charge in [-0.2, -0.15) is 0 Å². The largest absolute Gasteiger partial charge is 0.355 e. The molecule has 8 heteroatoms. The fourth-order valence-electron chi connectivity index (χ4n) is 3.72. The topological polar surface area (TPSA) is 71.8 Å². The van der Waals surface area contributed by atoms with E-state index in [1.807, 2.05) is 55.2 Å². The summed E-state index contributed by atoms with van der Waals surface area (Å²) in [5, 5.41) is 17.9. The zero-order chi connectivity index (χ0) is 22.2. The van der Waals surface area contributed by atoms with Crippen molar-refractivity contribution in [3.05, 3.63) is 71.1 Å². The number of para-hydroxylation sites is 1. The molecule has 0 fully saturated rings. The van der Waals surface area contributed by atoms with Crippen molar-refractivity contribution in [1.82, 2.24) is 30.1 Å². The van der Waals surface area contributed by atoms with Gasteiger partial charge >= 0.3 is 0 Å². The standard InChI is InChI=1S/C23H26ClN7/c1-23(2,3)31-22(27-28-29-31)21(30(4)5)17-8-6-7-9-18(17)26-19-12-13-25-20-14-15(24)10-11-16(19)20/h6-14,21H,1-5H3,(H,25,26). The second-order valence-corrected chi connectivity index (χ2v) is 9.15. The van der Waals surface area contributed by atoms with E-state index in [2.05, 4.69) is 63.6 Å². The average molecular weight is 436 g/mol. The van der Waals surface area contributed by atoms with Crippen LogP contribution in [0.5, 0.6) is 0 Å². The van der Waals surface area contributed by atoms with Crippen LogP contribution in [0.25, 0.3) is 10.9 Å². The van der Waals surface area contributed by atoms with E-state index in [1.165, 1.54) is 0 Å². The number of hydrogen-bond donors (Lipinski definition) is 1. The van der Waals surface area contributed by atoms with Gasteiger partial charge in [0.15, 0.2) is 5.82 Å². The number of benzene rings is 2. The summed E-state index contributed by atoms with van der Waals surface area (Å²) in [7, 11) is 4.07. The number of halogens is 1. The predicted molar refractivity (Wildman–Crippen MR) is 125 cm³/mol. The molecule has 1 N–H and O–H groups in total. The lowest BCUT2D eigenvalue weighted by atomic mass is 10.0. The Kier molecular flexibility index (Phi) is 5.64. The number of fused-ring (bicyclic) bond motifs is 1. The van der Waals surface area contributed by atoms with E-state index in [0.717, 1.165) is 33.7 Å². The van der Waals surface area contributed by atoms with E-state index in [0.29, 0.717) is 5.02 Å². The smallest absolute Gasteiger partial charge is 0.173 e. The Hall–Kier alpha value is -3.03. The Morgan fingerprint density at radius 3 is 2.55 bits per heavy atom. The van der Waals surface area contributed by atoms with Gasteiger partial charge in [0.05, 0.1) is 17.1 Å². The number of anilines is 2. The first-order valence-electron chi connectivity index (χ1n) is 10.1. The summed E-state index contributed by atoms with van der Waals surface area (Å²) in [4.78, 5) is 6.57. The fraction of sp³-hybridized carbons (Fsp3) is 0.304. The van der Waals surface area contributed by atoms with Crippen molar-refractivity contribution < 1.29 is 0 Å². The van der Waals surface area contributed by atoms with Crippen LogP contribution >= 0.6 is 11.6 Å². The first-order chi connectivity index (χ1) is 14.8. The number of hydrogen-bond acceptors (Lipinski definition) is 6. The predicted octanol–water partition coefficient (Wildman–Crippen LogP) is 5.02. The van der Waals surface area contributed by atoms with Crippen LogP contribution in [-0.2, 0) is 5.54 Å². The van der Waals surface area contributed by atoms with Crippen molar-refractivity contribution in [2.75, 3.05) is 19.4 Å². The molecule has 0 spiro atoms. The summed E-state index contributed by atoms with van der Waals surface area (Å²) in [6.45, 7) is 6.29. The normalized spacial score (nSPS) is 13.0. The van der Waals surface area contributed by atoms with Gasteiger partial charge in [0.25, 0.3) is 0 Å². The van der Waals surface area contributed by atoms with E-state index in [4.69, 9.17) is 11.6 Å². The molecule has 7 nitrogen and oxygen atoms in total. The van der Waals surface area contributed by atoms with Gasteiger partial charge in [-0.1, -0.05) is 29.8 Å². The van der Waals surface area contributed by atoms with Crippen LogP contribution in [0.4, 0.5) is 11.4 Å². The van der Waals surface area contributed by atoms with Crippen LogP contribution in [-0.4, -0.2) is 44.2 Å². The zero-order valence-corrected chi connectivity index (χ0v) is 19.1. The van der Waals surface area contributed by atoms with Crippen LogP contribution < -0.4 is 5.32 Å². The molecular formula is C23H26ClN7. The third-order valence-corrected chi connectivity index (χ3v) is 5.35. The average Bonchev–Trinajstić information content (AvgIpc) is 3.19. The molecular weight excluding hydrogens is 410 g/mol. The highest BCUT2D eigenvalue weighted by molar-refractivity contribution is 6.31. The van der Waals surface area contributed by atoms with Crippen molar-refractivity contribution in [1.29, 1.82) is 0 Å². The van der Waals surface area contributed by atoms with Crippen LogP contribution in [0.3, 0.4) is 0 Å². The monoisotopic (exact) mass is 435 g/mol. The molecule has 1 unspecified atom stereocenters. The number of rotatable bonds is 5. The van der Waals surface area contributed by atoms with Crippen LogP contribution in [0, 0.1) is 0 Å². The summed E-state index contributed by atoms with van der Waals surface area (Å²) in [6.07, 6.45) is 1.78. The maximum atomic E-state index is 6.15. The molecule has 2 aromatic carbocycles. The van der Waals surface area contributed by atoms with Crippen LogP contribution in [0.15, 0.2) is 54.7 Å². The molecule has 0 aliphatic rings. The number of aromatic nitrogens is 5. The second kappa shape index (κ2) is 8.24. The van der Waals surface area contributed by atoms with Gasteiger partial charge in [0, 0.05) is 33.5 Å². The van der Waals surface area contributed by atoms with Gasteiger partial charge < -0.3 is 5.32 Å². The van der Waals surface area contributed by atoms with Gasteiger partial charge in [-0.15, -0.1) is 5.10 Å². The minimum Gasteiger partial charge on any atom is -0.355 e. The van der Waals surface area contributed by atoms with Crippen molar-refractivity contribution >= 4 is 33.9 Å². The molecule has 0 bridgehead atoms. The molecule has 0 aliphatic heterocycles. The van der Waals surface area contributed by atoms with Gasteiger partial charge in [-0.3, -0.25) is 9.88 Å². The lowest BCUT2D eigenvalue weighted by Gasteiger charge is -2.29. The van der Waals surface area contributed by atoms with Crippen LogP contribution in [0.2, 0.25) is 5.02 Å². The molecule has 0 radical (unpaired) electrons. The highest BCUT2D eigenvalue weighted by atomic mass is 35.5. The minimum absolute atomic E-state index is 0.138. The molecule has 4 aromatic rings. The first-order valence-corrected chi connectivity index (χ1v) is 10.5. The molecule has 160 valence electrons. The summed E-state index contributed by atoms with van der Waals surface area (Å²) in [5.41, 5.74) is 3.62. The Bertz CT molecular complexity index is 1210. The molecule has 0 saturated carbocycles. The number of nitrogens with zero attached hydrogens (tertiary/aromatic N) is 6. The molecule has 4 rings (SSSR count). The van der Waals surface area contributed by atoms with Gasteiger partial charge in [-0.25, -0.2) is 4.68 Å². The molecule has 0 aliphatic carbocycles. The van der Waals surface area contributed by atoms with Crippen molar-refractivity contribution in [2.24, 2.45) is 0 Å². The first kappa shape index (κ1) is 21.2. The third-order valence-electron chi connectivity index (χ3n) is 5.12. The number of nitrogens with one attached hydrogen (secondary N) is 1. The summed E-state index contributed by atoms with van der Waals surface area (Å²) in [5.74, 6) is 0.790. The lowest BCUT2D eigenvalue weighted by Crippen LogP contribution is -2.31. The highest BCUT2D eigenvalue weighted by Gasteiger charge is 2.30. The van der Waals surface area contributed by atoms with Gasteiger partial charge in [-0.05, 0) is 75.6 Å². The quantitative estimate of drug-likeness (QED) is 0.474.